The van der Waals surface area contributed by atoms with E-state index in [4.69, 9.17) is 23.2 Å². The summed E-state index contributed by atoms with van der Waals surface area (Å²) in [6.07, 6.45) is -1.65. The van der Waals surface area contributed by atoms with Gasteiger partial charge in [0.2, 0.25) is 5.91 Å². The van der Waals surface area contributed by atoms with Crippen LogP contribution in [0.3, 0.4) is 0 Å². The van der Waals surface area contributed by atoms with Gasteiger partial charge in [-0.3, -0.25) is 14.2 Å². The minimum absolute atomic E-state index is 0.0106. The molecule has 0 N–H and O–H groups in total. The summed E-state index contributed by atoms with van der Waals surface area (Å²) in [6.45, 7) is 2.20. The van der Waals surface area contributed by atoms with Crippen molar-refractivity contribution in [1.29, 1.82) is 0 Å². The van der Waals surface area contributed by atoms with Gasteiger partial charge < -0.3 is 4.90 Å². The van der Waals surface area contributed by atoms with Gasteiger partial charge in [0.05, 0.1) is 12.2 Å². The first-order valence-corrected chi connectivity index (χ1v) is 10.2. The first-order chi connectivity index (χ1) is 14.2. The topological polar surface area (TPSA) is 33.2 Å². The van der Waals surface area contributed by atoms with Gasteiger partial charge >= 0.3 is 6.18 Å². The zero-order valence-electron chi connectivity index (χ0n) is 16.4. The number of benzene rings is 1. The number of fused-ring (bicyclic) bond motifs is 1. The zero-order valence-corrected chi connectivity index (χ0v) is 17.9. The van der Waals surface area contributed by atoms with Crippen LogP contribution < -0.4 is 0 Å². The van der Waals surface area contributed by atoms with E-state index >= 15 is 0 Å². The highest BCUT2D eigenvalue weighted by molar-refractivity contribution is 6.34. The van der Waals surface area contributed by atoms with Gasteiger partial charge in [0, 0.05) is 41.4 Å². The number of rotatable bonds is 4. The molecule has 9 heteroatoms. The Hall–Kier alpha value is -1.86. The largest absolute Gasteiger partial charge is 0.417 e. The number of halogens is 6. The molecule has 1 amide bonds. The summed E-state index contributed by atoms with van der Waals surface area (Å²) in [5.74, 6) is -0.0106. The summed E-state index contributed by atoms with van der Waals surface area (Å²) in [5.41, 5.74) is 1.63. The third-order valence-corrected chi connectivity index (χ3v) is 5.33. The number of hydrogen-bond acceptors (Lipinski definition) is 2. The molecule has 0 unspecified atom stereocenters. The average molecular weight is 465 g/mol. The highest BCUT2D eigenvalue weighted by Gasteiger charge is 2.30. The standard InChI is InChI=1S/C19H17Cl2F3N2O.C2H5F/c20-16-6-7-17(21)15-11-26(9-8-14(15)16)18(27)3-1-2-13-5-4-12(10-25-13)19(22,23)24;1-2-3/h4-7,10H,1-3,8-9,11H2;2H2,1H3. The Bertz CT molecular complexity index is 857. The highest BCUT2D eigenvalue weighted by Crippen LogP contribution is 2.32. The van der Waals surface area contributed by atoms with E-state index in [1.807, 2.05) is 0 Å². The van der Waals surface area contributed by atoms with Crippen LogP contribution >= 0.6 is 23.2 Å². The van der Waals surface area contributed by atoms with Gasteiger partial charge in [0.1, 0.15) is 0 Å². The molecule has 1 aliphatic heterocycles. The van der Waals surface area contributed by atoms with E-state index in [1.54, 1.807) is 17.0 Å². The molecule has 0 radical (unpaired) electrons. The van der Waals surface area contributed by atoms with E-state index in [0.717, 1.165) is 23.4 Å². The molecular formula is C21H22Cl2F4N2O. The fourth-order valence-electron chi connectivity index (χ4n) is 3.13. The first kappa shape index (κ1) is 24.4. The predicted molar refractivity (Wildman–Crippen MR) is 109 cm³/mol. The molecule has 30 heavy (non-hydrogen) atoms. The van der Waals surface area contributed by atoms with Crippen LogP contribution in [0, 0.1) is 0 Å². The number of carbonyl (C=O) groups excluding carboxylic acids is 1. The SMILES string of the molecule is CCF.O=C(CCCc1ccc(C(F)(F)F)cn1)N1CCc2c(Cl)ccc(Cl)c2C1. The van der Waals surface area contributed by atoms with Gasteiger partial charge in [-0.1, -0.05) is 23.2 Å². The number of aryl methyl sites for hydroxylation is 1. The lowest BCUT2D eigenvalue weighted by molar-refractivity contribution is -0.137. The maximum absolute atomic E-state index is 12.5. The van der Waals surface area contributed by atoms with E-state index in [-0.39, 0.29) is 12.6 Å². The third kappa shape index (κ3) is 6.57. The van der Waals surface area contributed by atoms with Crippen LogP contribution in [-0.2, 0) is 30.4 Å². The molecule has 0 bridgehead atoms. The summed E-state index contributed by atoms with van der Waals surface area (Å²) < 4.78 is 47.9. The molecule has 1 aliphatic rings. The number of pyridine rings is 1. The van der Waals surface area contributed by atoms with Crippen molar-refractivity contribution in [3.05, 3.63) is 62.9 Å². The van der Waals surface area contributed by atoms with Crippen LogP contribution in [0.25, 0.3) is 0 Å². The summed E-state index contributed by atoms with van der Waals surface area (Å²) in [4.78, 5) is 18.0. The van der Waals surface area contributed by atoms with E-state index < -0.39 is 11.7 Å². The van der Waals surface area contributed by atoms with Gasteiger partial charge in [-0.25, -0.2) is 0 Å². The van der Waals surface area contributed by atoms with Crippen molar-refractivity contribution in [2.24, 2.45) is 0 Å². The molecule has 0 spiro atoms. The first-order valence-electron chi connectivity index (χ1n) is 9.49. The summed E-state index contributed by atoms with van der Waals surface area (Å²) in [6, 6.07) is 5.86. The summed E-state index contributed by atoms with van der Waals surface area (Å²) in [7, 11) is 0. The molecule has 1 aromatic heterocycles. The van der Waals surface area contributed by atoms with Crippen molar-refractivity contribution in [2.45, 2.75) is 45.3 Å². The second-order valence-corrected chi connectivity index (χ2v) is 7.52. The van der Waals surface area contributed by atoms with Gasteiger partial charge in [0.15, 0.2) is 0 Å². The lowest BCUT2D eigenvalue weighted by atomic mass is 9.99. The van der Waals surface area contributed by atoms with E-state index in [0.29, 0.717) is 54.5 Å². The van der Waals surface area contributed by atoms with Crippen LogP contribution in [0.2, 0.25) is 10.0 Å². The average Bonchev–Trinajstić information content (AvgIpc) is 2.71. The fraction of sp³-hybridized carbons (Fsp3) is 0.429. The van der Waals surface area contributed by atoms with Crippen LogP contribution in [0.15, 0.2) is 30.5 Å². The summed E-state index contributed by atoms with van der Waals surface area (Å²) >= 11 is 12.4. The van der Waals surface area contributed by atoms with Crippen LogP contribution in [-0.4, -0.2) is 29.0 Å². The molecule has 3 nitrogen and oxygen atoms in total. The Kier molecular flexibility index (Phi) is 8.92. The number of nitrogens with zero attached hydrogens (tertiary/aromatic N) is 2. The predicted octanol–water partition coefficient (Wildman–Crippen LogP) is 6.29. The monoisotopic (exact) mass is 464 g/mol. The summed E-state index contributed by atoms with van der Waals surface area (Å²) in [5, 5.41) is 1.26. The third-order valence-electron chi connectivity index (χ3n) is 4.63. The van der Waals surface area contributed by atoms with Crippen molar-refractivity contribution >= 4 is 29.1 Å². The van der Waals surface area contributed by atoms with E-state index in [9.17, 15) is 22.4 Å². The molecule has 2 aromatic rings. The molecule has 0 saturated carbocycles. The quantitative estimate of drug-likeness (QED) is 0.498. The second-order valence-electron chi connectivity index (χ2n) is 6.71. The van der Waals surface area contributed by atoms with Gasteiger partial charge in [-0.05, 0) is 61.6 Å². The van der Waals surface area contributed by atoms with Crippen LogP contribution in [0.5, 0.6) is 0 Å². The number of carbonyl (C=O) groups is 1. The van der Waals surface area contributed by atoms with Gasteiger partial charge in [0.25, 0.3) is 0 Å². The fourth-order valence-corrected chi connectivity index (χ4v) is 3.63. The lowest BCUT2D eigenvalue weighted by Crippen LogP contribution is -2.36. The van der Waals surface area contributed by atoms with Crippen molar-refractivity contribution < 1.29 is 22.4 Å². The van der Waals surface area contributed by atoms with Crippen LogP contribution in [0.1, 0.15) is 42.1 Å². The Morgan fingerprint density at radius 1 is 1.13 bits per heavy atom. The maximum atomic E-state index is 12.5. The lowest BCUT2D eigenvalue weighted by Gasteiger charge is -2.30. The number of alkyl halides is 4. The molecular weight excluding hydrogens is 443 g/mol. The van der Waals surface area contributed by atoms with Crippen molar-refractivity contribution in [3.63, 3.8) is 0 Å². The van der Waals surface area contributed by atoms with Gasteiger partial charge in [-0.2, -0.15) is 13.2 Å². The van der Waals surface area contributed by atoms with E-state index in [2.05, 4.69) is 4.98 Å². The molecule has 3 rings (SSSR count). The van der Waals surface area contributed by atoms with Crippen molar-refractivity contribution in [2.75, 3.05) is 13.2 Å². The highest BCUT2D eigenvalue weighted by atomic mass is 35.5. The Morgan fingerprint density at radius 2 is 1.77 bits per heavy atom. The Labute approximate surface area is 183 Å². The number of amides is 1. The molecule has 0 saturated heterocycles. The molecule has 0 aliphatic carbocycles. The second kappa shape index (κ2) is 11.0. The normalized spacial score (nSPS) is 13.4. The van der Waals surface area contributed by atoms with Gasteiger partial charge in [-0.15, -0.1) is 0 Å². The minimum atomic E-state index is -4.39. The zero-order chi connectivity index (χ0) is 22.3. The number of aromatic nitrogens is 1. The molecule has 0 atom stereocenters. The maximum Gasteiger partial charge on any atom is 0.417 e. The van der Waals surface area contributed by atoms with Crippen LogP contribution in [0.4, 0.5) is 17.6 Å². The van der Waals surface area contributed by atoms with E-state index in [1.165, 1.54) is 13.0 Å². The molecule has 1 aromatic carbocycles. The Balaban J connectivity index is 0.00000101. The smallest absolute Gasteiger partial charge is 0.338 e. The minimum Gasteiger partial charge on any atom is -0.338 e. The molecule has 164 valence electrons. The van der Waals surface area contributed by atoms with Crippen molar-refractivity contribution in [3.8, 4) is 0 Å². The Morgan fingerprint density at radius 3 is 2.33 bits per heavy atom. The van der Waals surface area contributed by atoms with Crippen molar-refractivity contribution in [1.82, 2.24) is 9.88 Å². The molecule has 2 heterocycles. The number of hydrogen-bond donors (Lipinski definition) is 0. The molecule has 0 fully saturated rings.